The number of likely N-dealkylation sites (N-methyl/N-ethyl adjacent to an activating group) is 1. The minimum Gasteiger partial charge on any atom is -0.370 e. The Bertz CT molecular complexity index is 223. The highest BCUT2D eigenvalue weighted by Crippen LogP contribution is 2.16. The minimum absolute atomic E-state index is 0.610. The van der Waals surface area contributed by atoms with Crippen LogP contribution >= 0.6 is 0 Å². The van der Waals surface area contributed by atoms with Crippen LogP contribution in [0.2, 0.25) is 0 Å². The van der Waals surface area contributed by atoms with E-state index in [1.165, 1.54) is 19.4 Å². The van der Waals surface area contributed by atoms with Crippen LogP contribution in [0.25, 0.3) is 0 Å². The second-order valence-corrected chi connectivity index (χ2v) is 4.30. The third-order valence-corrected chi connectivity index (χ3v) is 3.46. The average Bonchev–Trinajstić information content (AvgIpc) is 2.75. The topological polar surface area (TPSA) is 44.9 Å². The number of rotatable bonds is 5. The van der Waals surface area contributed by atoms with Gasteiger partial charge in [0.25, 0.3) is 0 Å². The molecule has 1 fully saturated rings. The molecule has 2 N–H and O–H groups in total. The van der Waals surface area contributed by atoms with Gasteiger partial charge < -0.3 is 10.6 Å². The number of nitrogens with zero attached hydrogens (tertiary/aromatic N) is 3. The van der Waals surface area contributed by atoms with E-state index in [0.717, 1.165) is 26.2 Å². The summed E-state index contributed by atoms with van der Waals surface area (Å²) < 4.78 is 0. The predicted octanol–water partition coefficient (Wildman–Crippen LogP) is 1.13. The van der Waals surface area contributed by atoms with Gasteiger partial charge in [-0.05, 0) is 39.8 Å². The highest BCUT2D eigenvalue weighted by Gasteiger charge is 2.22. The molecular weight excluding hydrogens is 200 g/mol. The molecule has 0 bridgehead atoms. The fraction of sp³-hybridized carbons (Fsp3) is 0.917. The molecule has 1 heterocycles. The lowest BCUT2D eigenvalue weighted by Crippen LogP contribution is -2.39. The molecule has 1 rings (SSSR count). The molecule has 4 nitrogen and oxygen atoms in total. The summed E-state index contributed by atoms with van der Waals surface area (Å²) in [4.78, 5) is 9.13. The SMILES string of the molecule is CCN(CC)C(N)=NCC1CCCN1CC. The van der Waals surface area contributed by atoms with Crippen molar-refractivity contribution in [3.63, 3.8) is 0 Å². The lowest BCUT2D eigenvalue weighted by atomic mass is 10.2. The van der Waals surface area contributed by atoms with Crippen molar-refractivity contribution >= 4 is 5.96 Å². The Labute approximate surface area is 99.5 Å². The quantitative estimate of drug-likeness (QED) is 0.564. The van der Waals surface area contributed by atoms with Crippen LogP contribution in [0.4, 0.5) is 0 Å². The molecule has 1 aliphatic rings. The van der Waals surface area contributed by atoms with Gasteiger partial charge in [0.2, 0.25) is 0 Å². The molecule has 4 heteroatoms. The molecule has 94 valence electrons. The van der Waals surface area contributed by atoms with E-state index in [4.69, 9.17) is 5.73 Å². The van der Waals surface area contributed by atoms with E-state index < -0.39 is 0 Å². The van der Waals surface area contributed by atoms with E-state index in [1.54, 1.807) is 0 Å². The first-order chi connectivity index (χ1) is 7.72. The zero-order valence-electron chi connectivity index (χ0n) is 10.9. The van der Waals surface area contributed by atoms with Crippen molar-refractivity contribution in [1.29, 1.82) is 0 Å². The Kier molecular flexibility index (Phi) is 5.60. The molecule has 0 aromatic carbocycles. The maximum Gasteiger partial charge on any atom is 0.191 e. The van der Waals surface area contributed by atoms with Crippen molar-refractivity contribution < 1.29 is 0 Å². The molecule has 0 amide bonds. The first kappa shape index (κ1) is 13.3. The zero-order chi connectivity index (χ0) is 12.0. The van der Waals surface area contributed by atoms with Crippen molar-refractivity contribution in [1.82, 2.24) is 9.80 Å². The lowest BCUT2D eigenvalue weighted by Gasteiger charge is -2.23. The molecule has 1 unspecified atom stereocenters. The number of guanidine groups is 1. The Hall–Kier alpha value is -0.770. The van der Waals surface area contributed by atoms with Crippen molar-refractivity contribution in [2.75, 3.05) is 32.7 Å². The molecule has 1 atom stereocenters. The van der Waals surface area contributed by atoms with Gasteiger partial charge in [-0.15, -0.1) is 0 Å². The number of aliphatic imine (C=N–C) groups is 1. The van der Waals surface area contributed by atoms with Gasteiger partial charge in [-0.2, -0.15) is 0 Å². The smallest absolute Gasteiger partial charge is 0.191 e. The molecule has 16 heavy (non-hydrogen) atoms. The highest BCUT2D eigenvalue weighted by molar-refractivity contribution is 5.78. The standard InChI is InChI=1S/C12H26N4/c1-4-15(5-2)12(13)14-10-11-8-7-9-16(11)6-3/h11H,4-10H2,1-3H3,(H2,13,14). The second kappa shape index (κ2) is 6.74. The highest BCUT2D eigenvalue weighted by atomic mass is 15.3. The summed E-state index contributed by atoms with van der Waals surface area (Å²) in [5.74, 6) is 0.702. The van der Waals surface area contributed by atoms with E-state index in [-0.39, 0.29) is 0 Å². The largest absolute Gasteiger partial charge is 0.370 e. The minimum atomic E-state index is 0.610. The van der Waals surface area contributed by atoms with Gasteiger partial charge in [0.05, 0.1) is 6.54 Å². The van der Waals surface area contributed by atoms with Gasteiger partial charge in [-0.3, -0.25) is 9.89 Å². The summed E-state index contributed by atoms with van der Waals surface area (Å²) >= 11 is 0. The molecular formula is C12H26N4. The van der Waals surface area contributed by atoms with E-state index in [9.17, 15) is 0 Å². The number of likely N-dealkylation sites (tertiary alicyclic amines) is 1. The van der Waals surface area contributed by atoms with Crippen LogP contribution in [0.5, 0.6) is 0 Å². The molecule has 0 spiro atoms. The van der Waals surface area contributed by atoms with Crippen molar-refractivity contribution in [2.24, 2.45) is 10.7 Å². The van der Waals surface area contributed by atoms with Crippen molar-refractivity contribution in [2.45, 2.75) is 39.7 Å². The summed E-state index contributed by atoms with van der Waals surface area (Å²) in [7, 11) is 0. The maximum absolute atomic E-state index is 5.96. The molecule has 1 aliphatic heterocycles. The van der Waals surface area contributed by atoms with Crippen LogP contribution in [0.15, 0.2) is 4.99 Å². The predicted molar refractivity (Wildman–Crippen MR) is 69.7 cm³/mol. The molecule has 0 radical (unpaired) electrons. The Morgan fingerprint density at radius 3 is 2.62 bits per heavy atom. The molecule has 0 aromatic rings. The summed E-state index contributed by atoms with van der Waals surface area (Å²) in [6, 6.07) is 0.610. The van der Waals surface area contributed by atoms with Gasteiger partial charge in [0, 0.05) is 19.1 Å². The lowest BCUT2D eigenvalue weighted by molar-refractivity contribution is 0.272. The number of hydrogen-bond donors (Lipinski definition) is 1. The fourth-order valence-electron chi connectivity index (χ4n) is 2.36. The van der Waals surface area contributed by atoms with Crippen LogP contribution in [0.3, 0.4) is 0 Å². The van der Waals surface area contributed by atoms with Crippen LogP contribution in [0.1, 0.15) is 33.6 Å². The monoisotopic (exact) mass is 226 g/mol. The molecule has 0 saturated carbocycles. The normalized spacial score (nSPS) is 22.7. The summed E-state index contributed by atoms with van der Waals surface area (Å²) in [5.41, 5.74) is 5.96. The first-order valence-electron chi connectivity index (χ1n) is 6.51. The Morgan fingerprint density at radius 1 is 1.38 bits per heavy atom. The average molecular weight is 226 g/mol. The molecule has 1 saturated heterocycles. The van der Waals surface area contributed by atoms with Crippen LogP contribution in [0, 0.1) is 0 Å². The van der Waals surface area contributed by atoms with Crippen molar-refractivity contribution in [3.05, 3.63) is 0 Å². The van der Waals surface area contributed by atoms with E-state index in [1.807, 2.05) is 0 Å². The van der Waals surface area contributed by atoms with E-state index in [2.05, 4.69) is 35.6 Å². The summed E-state index contributed by atoms with van der Waals surface area (Å²) in [5, 5.41) is 0. The van der Waals surface area contributed by atoms with Crippen LogP contribution < -0.4 is 5.73 Å². The van der Waals surface area contributed by atoms with E-state index in [0.29, 0.717) is 12.0 Å². The van der Waals surface area contributed by atoms with Crippen molar-refractivity contribution in [3.8, 4) is 0 Å². The Morgan fingerprint density at radius 2 is 2.06 bits per heavy atom. The molecule has 0 aliphatic carbocycles. The summed E-state index contributed by atoms with van der Waals surface area (Å²) in [6.07, 6.45) is 2.57. The molecule has 0 aromatic heterocycles. The third-order valence-electron chi connectivity index (χ3n) is 3.46. The fourth-order valence-corrected chi connectivity index (χ4v) is 2.36. The van der Waals surface area contributed by atoms with Gasteiger partial charge in [-0.25, -0.2) is 0 Å². The van der Waals surface area contributed by atoms with Gasteiger partial charge in [0.15, 0.2) is 5.96 Å². The number of nitrogens with two attached hydrogens (primary N) is 1. The Balaban J connectivity index is 2.45. The number of hydrogen-bond acceptors (Lipinski definition) is 2. The maximum atomic E-state index is 5.96. The summed E-state index contributed by atoms with van der Waals surface area (Å²) in [6.45, 7) is 11.5. The van der Waals surface area contributed by atoms with Crippen LogP contribution in [-0.2, 0) is 0 Å². The first-order valence-corrected chi connectivity index (χ1v) is 6.51. The second-order valence-electron chi connectivity index (χ2n) is 4.30. The third kappa shape index (κ3) is 3.37. The van der Waals surface area contributed by atoms with Gasteiger partial charge in [-0.1, -0.05) is 6.92 Å². The van der Waals surface area contributed by atoms with Crippen LogP contribution in [-0.4, -0.2) is 54.5 Å². The van der Waals surface area contributed by atoms with E-state index >= 15 is 0 Å². The van der Waals surface area contributed by atoms with Gasteiger partial charge >= 0.3 is 0 Å². The zero-order valence-corrected chi connectivity index (χ0v) is 10.9. The van der Waals surface area contributed by atoms with Gasteiger partial charge in [0.1, 0.15) is 0 Å².